The van der Waals surface area contributed by atoms with Crippen LogP contribution in [0.1, 0.15) is 25.0 Å². The molecule has 0 radical (unpaired) electrons. The standard InChI is InChI=1S/C22H35N5O.HI/c1-16(2)14-27-10-11-28-19(15-27)13-26-22(23-4)24-9-8-18-12-25-21-17(3)6-5-7-20(18)21;/h5-7,12,16,19,25H,8-11,13-15H2,1-4H3,(H2,23,24,26);1H. The number of aromatic nitrogens is 1. The first-order valence-corrected chi connectivity index (χ1v) is 10.4. The maximum absolute atomic E-state index is 5.92. The van der Waals surface area contributed by atoms with Crippen LogP contribution in [0, 0.1) is 12.8 Å². The van der Waals surface area contributed by atoms with Crippen LogP contribution in [-0.4, -0.2) is 68.3 Å². The highest BCUT2D eigenvalue weighted by Gasteiger charge is 2.21. The van der Waals surface area contributed by atoms with E-state index < -0.39 is 0 Å². The van der Waals surface area contributed by atoms with E-state index in [1.54, 1.807) is 0 Å². The molecule has 7 heteroatoms. The van der Waals surface area contributed by atoms with Crippen LogP contribution in [0.5, 0.6) is 0 Å². The number of hydrogen-bond acceptors (Lipinski definition) is 3. The zero-order valence-corrected chi connectivity index (χ0v) is 20.5. The number of benzene rings is 1. The Hall–Kier alpha value is -1.32. The zero-order valence-electron chi connectivity index (χ0n) is 18.1. The van der Waals surface area contributed by atoms with Gasteiger partial charge in [-0.3, -0.25) is 9.89 Å². The van der Waals surface area contributed by atoms with Crippen molar-refractivity contribution in [2.45, 2.75) is 33.3 Å². The largest absolute Gasteiger partial charge is 0.374 e. The summed E-state index contributed by atoms with van der Waals surface area (Å²) in [4.78, 5) is 10.2. The van der Waals surface area contributed by atoms with Gasteiger partial charge >= 0.3 is 0 Å². The first kappa shape index (κ1) is 24.0. The lowest BCUT2D eigenvalue weighted by Gasteiger charge is -2.34. The lowest BCUT2D eigenvalue weighted by molar-refractivity contribution is -0.0284. The van der Waals surface area contributed by atoms with Gasteiger partial charge in [-0.05, 0) is 30.4 Å². The predicted octanol–water partition coefficient (Wildman–Crippen LogP) is 3.16. The summed E-state index contributed by atoms with van der Waals surface area (Å²) in [6, 6.07) is 6.45. The molecule has 162 valence electrons. The van der Waals surface area contributed by atoms with Gasteiger partial charge in [0.2, 0.25) is 0 Å². The third kappa shape index (κ3) is 6.86. The van der Waals surface area contributed by atoms with Gasteiger partial charge in [-0.1, -0.05) is 32.0 Å². The maximum atomic E-state index is 5.92. The van der Waals surface area contributed by atoms with Crippen LogP contribution < -0.4 is 10.6 Å². The highest BCUT2D eigenvalue weighted by atomic mass is 127. The summed E-state index contributed by atoms with van der Waals surface area (Å²) >= 11 is 0. The Balaban J connectivity index is 0.00000300. The van der Waals surface area contributed by atoms with Crippen molar-refractivity contribution in [3.63, 3.8) is 0 Å². The molecule has 1 unspecified atom stereocenters. The van der Waals surface area contributed by atoms with E-state index >= 15 is 0 Å². The van der Waals surface area contributed by atoms with Gasteiger partial charge in [0.1, 0.15) is 0 Å². The van der Waals surface area contributed by atoms with Crippen molar-refractivity contribution in [2.24, 2.45) is 10.9 Å². The van der Waals surface area contributed by atoms with Crippen LogP contribution in [0.25, 0.3) is 10.9 Å². The molecule has 0 spiro atoms. The van der Waals surface area contributed by atoms with Gasteiger partial charge < -0.3 is 20.4 Å². The number of aryl methyl sites for hydroxylation is 1. The van der Waals surface area contributed by atoms with Gasteiger partial charge in [0, 0.05) is 56.9 Å². The number of morpholine rings is 1. The third-order valence-electron chi connectivity index (χ3n) is 5.26. The molecule has 1 atom stereocenters. The lowest BCUT2D eigenvalue weighted by Crippen LogP contribution is -2.50. The number of rotatable bonds is 7. The lowest BCUT2D eigenvalue weighted by atomic mass is 10.1. The van der Waals surface area contributed by atoms with E-state index in [0.29, 0.717) is 5.92 Å². The van der Waals surface area contributed by atoms with Gasteiger partial charge in [0.15, 0.2) is 5.96 Å². The van der Waals surface area contributed by atoms with Crippen LogP contribution in [-0.2, 0) is 11.2 Å². The molecule has 1 aliphatic rings. The number of hydrogen-bond donors (Lipinski definition) is 3. The van der Waals surface area contributed by atoms with E-state index in [-0.39, 0.29) is 30.1 Å². The summed E-state index contributed by atoms with van der Waals surface area (Å²) in [5.41, 5.74) is 3.86. The van der Waals surface area contributed by atoms with Crippen molar-refractivity contribution in [2.75, 3.05) is 46.4 Å². The summed E-state index contributed by atoms with van der Waals surface area (Å²) in [5, 5.41) is 8.16. The first-order chi connectivity index (χ1) is 13.6. The second kappa shape index (κ2) is 11.8. The summed E-state index contributed by atoms with van der Waals surface area (Å²) in [7, 11) is 1.82. The second-order valence-electron chi connectivity index (χ2n) is 8.09. The SMILES string of the molecule is CN=C(NCCc1c[nH]c2c(C)cccc12)NCC1CN(CC(C)C)CCO1.I. The highest BCUT2D eigenvalue weighted by Crippen LogP contribution is 2.21. The van der Waals surface area contributed by atoms with Crippen LogP contribution in [0.3, 0.4) is 0 Å². The van der Waals surface area contributed by atoms with Gasteiger partial charge in [0.05, 0.1) is 12.7 Å². The molecule has 0 saturated carbocycles. The maximum Gasteiger partial charge on any atom is 0.191 e. The molecule has 2 aromatic rings. The number of halogens is 1. The summed E-state index contributed by atoms with van der Waals surface area (Å²) in [6.45, 7) is 12.3. The van der Waals surface area contributed by atoms with E-state index in [4.69, 9.17) is 4.74 Å². The van der Waals surface area contributed by atoms with Gasteiger partial charge in [-0.25, -0.2) is 0 Å². The predicted molar refractivity (Wildman–Crippen MR) is 133 cm³/mol. The van der Waals surface area contributed by atoms with Crippen molar-refractivity contribution in [3.8, 4) is 0 Å². The minimum absolute atomic E-state index is 0. The molecule has 0 bridgehead atoms. The number of para-hydroxylation sites is 1. The summed E-state index contributed by atoms with van der Waals surface area (Å²) < 4.78 is 5.92. The number of aliphatic imine (C=N–C) groups is 1. The van der Waals surface area contributed by atoms with E-state index in [2.05, 4.69) is 70.7 Å². The molecule has 2 heterocycles. The Morgan fingerprint density at radius 3 is 2.93 bits per heavy atom. The molecule has 0 aliphatic carbocycles. The fourth-order valence-electron chi connectivity index (χ4n) is 3.90. The molecule has 1 fully saturated rings. The number of guanidine groups is 1. The monoisotopic (exact) mass is 513 g/mol. The van der Waals surface area contributed by atoms with Crippen molar-refractivity contribution in [1.29, 1.82) is 0 Å². The molecule has 1 aliphatic heterocycles. The van der Waals surface area contributed by atoms with Crippen molar-refractivity contribution in [1.82, 2.24) is 20.5 Å². The van der Waals surface area contributed by atoms with Gasteiger partial charge in [-0.2, -0.15) is 0 Å². The zero-order chi connectivity index (χ0) is 19.9. The first-order valence-electron chi connectivity index (χ1n) is 10.4. The molecule has 6 nitrogen and oxygen atoms in total. The molecular formula is C22H36IN5O. The van der Waals surface area contributed by atoms with Crippen LogP contribution >= 0.6 is 24.0 Å². The number of nitrogens with zero attached hydrogens (tertiary/aromatic N) is 2. The molecule has 1 aromatic heterocycles. The average molecular weight is 513 g/mol. The van der Waals surface area contributed by atoms with Gasteiger partial charge in [0.25, 0.3) is 0 Å². The molecule has 1 aromatic carbocycles. The minimum atomic E-state index is 0. The Bertz CT molecular complexity index is 789. The molecular weight excluding hydrogens is 477 g/mol. The van der Waals surface area contributed by atoms with Crippen molar-refractivity contribution < 1.29 is 4.74 Å². The smallest absolute Gasteiger partial charge is 0.191 e. The number of aromatic amines is 1. The van der Waals surface area contributed by atoms with Crippen LogP contribution in [0.2, 0.25) is 0 Å². The topological polar surface area (TPSA) is 64.7 Å². The highest BCUT2D eigenvalue weighted by molar-refractivity contribution is 14.0. The van der Waals surface area contributed by atoms with E-state index in [0.717, 1.165) is 51.7 Å². The number of ether oxygens (including phenoxy) is 1. The van der Waals surface area contributed by atoms with Crippen molar-refractivity contribution >= 4 is 40.8 Å². The average Bonchev–Trinajstić information content (AvgIpc) is 3.09. The van der Waals surface area contributed by atoms with Gasteiger partial charge in [-0.15, -0.1) is 24.0 Å². The van der Waals surface area contributed by atoms with Crippen LogP contribution in [0.4, 0.5) is 0 Å². The normalized spacial score (nSPS) is 18.1. The Morgan fingerprint density at radius 2 is 2.17 bits per heavy atom. The Morgan fingerprint density at radius 1 is 1.34 bits per heavy atom. The molecule has 1 saturated heterocycles. The summed E-state index contributed by atoms with van der Waals surface area (Å²) in [5.74, 6) is 1.52. The molecule has 0 amide bonds. The van der Waals surface area contributed by atoms with E-state index in [1.807, 2.05) is 7.05 Å². The fraction of sp³-hybridized carbons (Fsp3) is 0.591. The number of nitrogens with one attached hydrogen (secondary N) is 3. The van der Waals surface area contributed by atoms with E-state index in [1.165, 1.54) is 22.0 Å². The fourth-order valence-corrected chi connectivity index (χ4v) is 3.90. The Labute approximate surface area is 191 Å². The van der Waals surface area contributed by atoms with E-state index in [9.17, 15) is 0 Å². The second-order valence-corrected chi connectivity index (χ2v) is 8.09. The van der Waals surface area contributed by atoms with Crippen LogP contribution in [0.15, 0.2) is 29.4 Å². The molecule has 3 rings (SSSR count). The third-order valence-corrected chi connectivity index (χ3v) is 5.26. The number of fused-ring (bicyclic) bond motifs is 1. The molecule has 29 heavy (non-hydrogen) atoms. The quantitative estimate of drug-likeness (QED) is 0.303. The minimum Gasteiger partial charge on any atom is -0.374 e. The summed E-state index contributed by atoms with van der Waals surface area (Å²) in [6.07, 6.45) is 3.28. The molecule has 3 N–H and O–H groups in total. The van der Waals surface area contributed by atoms with Crippen molar-refractivity contribution in [3.05, 3.63) is 35.5 Å². The number of H-pyrrole nitrogens is 1. The Kier molecular flexibility index (Phi) is 9.71.